The second-order valence-corrected chi connectivity index (χ2v) is 3.78. The van der Waals surface area contributed by atoms with E-state index >= 15 is 0 Å². The number of aliphatic hydroxyl groups excluding tert-OH is 2. The standard InChI is InChI=1S/C10H11FN2O5/c11-3-5-8(16)6(4-14)18-9(5)13-2-1-7(15)12-10(13)17/h1-3,6,8-9,14,16H,4H2,(H,12,15,17)/b5-3-/t6-,8+,9-/m1/s1. The van der Waals surface area contributed by atoms with Gasteiger partial charge in [0.1, 0.15) is 12.2 Å². The van der Waals surface area contributed by atoms with Crippen molar-refractivity contribution in [3.8, 4) is 0 Å². The molecule has 1 fully saturated rings. The number of nitrogens with zero attached hydrogens (tertiary/aromatic N) is 1. The number of ether oxygens (including phenoxy) is 1. The Balaban J connectivity index is 2.45. The van der Waals surface area contributed by atoms with Gasteiger partial charge in [-0.3, -0.25) is 14.3 Å². The van der Waals surface area contributed by atoms with Gasteiger partial charge < -0.3 is 14.9 Å². The van der Waals surface area contributed by atoms with Crippen LogP contribution in [-0.4, -0.2) is 38.6 Å². The molecule has 0 bridgehead atoms. The van der Waals surface area contributed by atoms with Crippen LogP contribution in [0.15, 0.2) is 33.8 Å². The number of H-pyrrole nitrogens is 1. The summed E-state index contributed by atoms with van der Waals surface area (Å²) in [5, 5.41) is 18.6. The smallest absolute Gasteiger partial charge is 0.330 e. The first kappa shape index (κ1) is 12.7. The van der Waals surface area contributed by atoms with Crippen LogP contribution in [0.5, 0.6) is 0 Å². The minimum absolute atomic E-state index is 0.128. The normalized spacial score (nSPS) is 29.9. The van der Waals surface area contributed by atoms with Gasteiger partial charge in [-0.2, -0.15) is 0 Å². The molecule has 0 aliphatic carbocycles. The molecule has 1 aliphatic heterocycles. The zero-order chi connectivity index (χ0) is 13.3. The second-order valence-electron chi connectivity index (χ2n) is 3.78. The molecule has 0 saturated carbocycles. The molecule has 8 heteroatoms. The molecule has 0 radical (unpaired) electrons. The zero-order valence-electron chi connectivity index (χ0n) is 9.12. The fourth-order valence-corrected chi connectivity index (χ4v) is 1.78. The SMILES string of the molecule is O=c1ccn([C@@H]2O[C@H](CO)[C@@H](O)/C2=C/F)c(=O)[nH]1. The average Bonchev–Trinajstić information content (AvgIpc) is 2.65. The Morgan fingerprint density at radius 3 is 2.83 bits per heavy atom. The van der Waals surface area contributed by atoms with E-state index in [-0.39, 0.29) is 11.9 Å². The lowest BCUT2D eigenvalue weighted by molar-refractivity contribution is -0.0448. The Kier molecular flexibility index (Phi) is 3.41. The first-order valence-corrected chi connectivity index (χ1v) is 5.14. The molecule has 98 valence electrons. The predicted octanol–water partition coefficient (Wildman–Crippen LogP) is -1.36. The molecule has 2 rings (SSSR count). The molecule has 0 spiro atoms. The van der Waals surface area contributed by atoms with E-state index in [1.165, 1.54) is 0 Å². The molecular weight excluding hydrogens is 247 g/mol. The van der Waals surface area contributed by atoms with E-state index in [1.807, 2.05) is 4.98 Å². The number of aromatic nitrogens is 2. The maximum Gasteiger partial charge on any atom is 0.330 e. The van der Waals surface area contributed by atoms with Crippen LogP contribution >= 0.6 is 0 Å². The van der Waals surface area contributed by atoms with Gasteiger partial charge in [-0.05, 0) is 0 Å². The van der Waals surface area contributed by atoms with Crippen LogP contribution in [0.1, 0.15) is 6.23 Å². The Morgan fingerprint density at radius 2 is 2.28 bits per heavy atom. The van der Waals surface area contributed by atoms with Crippen molar-refractivity contribution >= 4 is 0 Å². The van der Waals surface area contributed by atoms with Crippen molar-refractivity contribution in [2.75, 3.05) is 6.61 Å². The van der Waals surface area contributed by atoms with Gasteiger partial charge >= 0.3 is 5.69 Å². The van der Waals surface area contributed by atoms with Gasteiger partial charge in [0, 0.05) is 17.8 Å². The summed E-state index contributed by atoms with van der Waals surface area (Å²) in [6, 6.07) is 1.07. The molecule has 3 N–H and O–H groups in total. The Bertz CT molecular complexity index is 578. The Morgan fingerprint density at radius 1 is 1.56 bits per heavy atom. The largest absolute Gasteiger partial charge is 0.394 e. The lowest BCUT2D eigenvalue weighted by Crippen LogP contribution is -2.32. The molecular formula is C10H11FN2O5. The molecule has 1 aliphatic rings. The van der Waals surface area contributed by atoms with E-state index in [2.05, 4.69) is 0 Å². The van der Waals surface area contributed by atoms with Crippen molar-refractivity contribution in [3.05, 3.63) is 45.0 Å². The van der Waals surface area contributed by atoms with Gasteiger partial charge in [0.15, 0.2) is 6.23 Å². The minimum atomic E-state index is -1.34. The van der Waals surface area contributed by atoms with Crippen LogP contribution in [-0.2, 0) is 4.74 Å². The number of hydrogen-bond acceptors (Lipinski definition) is 5. The molecule has 3 atom stereocenters. The third kappa shape index (κ3) is 2.01. The fourth-order valence-electron chi connectivity index (χ4n) is 1.78. The quantitative estimate of drug-likeness (QED) is 0.607. The number of aliphatic hydroxyl groups is 2. The summed E-state index contributed by atoms with van der Waals surface area (Å²) in [5.41, 5.74) is -1.58. The van der Waals surface area contributed by atoms with Gasteiger partial charge in [0.05, 0.1) is 12.9 Å². The van der Waals surface area contributed by atoms with E-state index in [1.54, 1.807) is 0 Å². The van der Waals surface area contributed by atoms with Gasteiger partial charge in [-0.15, -0.1) is 0 Å². The van der Waals surface area contributed by atoms with Crippen molar-refractivity contribution in [1.82, 2.24) is 9.55 Å². The zero-order valence-corrected chi connectivity index (χ0v) is 9.12. The van der Waals surface area contributed by atoms with E-state index in [0.29, 0.717) is 0 Å². The molecule has 18 heavy (non-hydrogen) atoms. The molecule has 7 nitrogen and oxygen atoms in total. The second kappa shape index (κ2) is 4.84. The summed E-state index contributed by atoms with van der Waals surface area (Å²) in [6.07, 6.45) is -2.30. The number of nitrogens with one attached hydrogen (secondary N) is 1. The van der Waals surface area contributed by atoms with Crippen LogP contribution in [0.4, 0.5) is 4.39 Å². The fraction of sp³-hybridized carbons (Fsp3) is 0.400. The highest BCUT2D eigenvalue weighted by molar-refractivity contribution is 5.16. The van der Waals surface area contributed by atoms with Crippen molar-refractivity contribution in [1.29, 1.82) is 0 Å². The number of hydrogen-bond donors (Lipinski definition) is 3. The summed E-state index contributed by atoms with van der Waals surface area (Å²) in [5.74, 6) is 0. The molecule has 1 aromatic rings. The minimum Gasteiger partial charge on any atom is -0.394 e. The van der Waals surface area contributed by atoms with Gasteiger partial charge in [0.2, 0.25) is 0 Å². The van der Waals surface area contributed by atoms with Crippen LogP contribution in [0.25, 0.3) is 0 Å². The van der Waals surface area contributed by atoms with Crippen LogP contribution < -0.4 is 11.2 Å². The third-order valence-electron chi connectivity index (χ3n) is 2.69. The lowest BCUT2D eigenvalue weighted by Gasteiger charge is -2.14. The summed E-state index contributed by atoms with van der Waals surface area (Å²) >= 11 is 0. The highest BCUT2D eigenvalue weighted by Crippen LogP contribution is 2.33. The Labute approximate surface area is 99.8 Å². The summed E-state index contributed by atoms with van der Waals surface area (Å²) in [4.78, 5) is 24.4. The topological polar surface area (TPSA) is 105 Å². The molecule has 2 heterocycles. The Hall–Kier alpha value is -1.77. The van der Waals surface area contributed by atoms with Gasteiger partial charge in [0.25, 0.3) is 5.56 Å². The van der Waals surface area contributed by atoms with Gasteiger partial charge in [-0.1, -0.05) is 0 Å². The summed E-state index contributed by atoms with van der Waals surface area (Å²) in [7, 11) is 0. The average molecular weight is 258 g/mol. The van der Waals surface area contributed by atoms with Crippen molar-refractivity contribution < 1.29 is 19.3 Å². The predicted molar refractivity (Wildman–Crippen MR) is 57.5 cm³/mol. The number of aromatic amines is 1. The monoisotopic (exact) mass is 258 g/mol. The van der Waals surface area contributed by atoms with E-state index < -0.39 is 36.3 Å². The molecule has 0 unspecified atom stereocenters. The first-order valence-electron chi connectivity index (χ1n) is 5.14. The van der Waals surface area contributed by atoms with E-state index in [0.717, 1.165) is 16.8 Å². The summed E-state index contributed by atoms with van der Waals surface area (Å²) in [6.45, 7) is -0.521. The maximum atomic E-state index is 12.7. The van der Waals surface area contributed by atoms with Gasteiger partial charge in [-0.25, -0.2) is 9.18 Å². The molecule has 0 aromatic carbocycles. The molecule has 1 saturated heterocycles. The molecule has 0 amide bonds. The summed E-state index contributed by atoms with van der Waals surface area (Å²) < 4.78 is 18.8. The molecule has 1 aromatic heterocycles. The van der Waals surface area contributed by atoms with E-state index in [4.69, 9.17) is 9.84 Å². The third-order valence-corrected chi connectivity index (χ3v) is 2.69. The first-order chi connectivity index (χ1) is 8.58. The van der Waals surface area contributed by atoms with Crippen molar-refractivity contribution in [2.45, 2.75) is 18.4 Å². The maximum absolute atomic E-state index is 12.7. The van der Waals surface area contributed by atoms with Crippen LogP contribution in [0.3, 0.4) is 0 Å². The highest BCUT2D eigenvalue weighted by Gasteiger charge is 2.40. The van der Waals surface area contributed by atoms with Crippen LogP contribution in [0.2, 0.25) is 0 Å². The number of halogens is 1. The van der Waals surface area contributed by atoms with Crippen LogP contribution in [0, 0.1) is 0 Å². The van der Waals surface area contributed by atoms with E-state index in [9.17, 15) is 19.1 Å². The van der Waals surface area contributed by atoms with Crippen molar-refractivity contribution in [2.24, 2.45) is 0 Å². The lowest BCUT2D eigenvalue weighted by atomic mass is 10.1. The number of rotatable bonds is 2. The van der Waals surface area contributed by atoms with Crippen molar-refractivity contribution in [3.63, 3.8) is 0 Å². The highest BCUT2D eigenvalue weighted by atomic mass is 19.1.